The Balaban J connectivity index is 3.58. The lowest BCUT2D eigenvalue weighted by atomic mass is 9.90. The third kappa shape index (κ3) is 2.85. The minimum absolute atomic E-state index is 0.394. The molecule has 0 saturated carbocycles. The molecular weight excluding hydrogens is 110 g/mol. The highest BCUT2D eigenvalue weighted by molar-refractivity contribution is 4.69. The van der Waals surface area contributed by atoms with E-state index in [1.54, 1.807) is 0 Å². The van der Waals surface area contributed by atoms with Gasteiger partial charge < -0.3 is 5.73 Å². The zero-order valence-electron chi connectivity index (χ0n) is 7.02. The van der Waals surface area contributed by atoms with Gasteiger partial charge in [0.05, 0.1) is 0 Å². The third-order valence-corrected chi connectivity index (χ3v) is 2.20. The summed E-state index contributed by atoms with van der Waals surface area (Å²) in [5, 5.41) is 0. The van der Waals surface area contributed by atoms with Crippen LogP contribution in [0.1, 0.15) is 34.1 Å². The second-order valence-corrected chi connectivity index (χ2v) is 3.18. The Morgan fingerprint density at radius 3 is 1.78 bits per heavy atom. The first-order valence-corrected chi connectivity index (χ1v) is 3.85. The van der Waals surface area contributed by atoms with Crippen molar-refractivity contribution in [2.45, 2.75) is 40.2 Å². The summed E-state index contributed by atoms with van der Waals surface area (Å²) in [6.45, 7) is 8.81. The van der Waals surface area contributed by atoms with Gasteiger partial charge in [0.25, 0.3) is 0 Å². The van der Waals surface area contributed by atoms with Gasteiger partial charge in [-0.05, 0) is 18.3 Å². The van der Waals surface area contributed by atoms with Gasteiger partial charge in [-0.15, -0.1) is 0 Å². The predicted octanol–water partition coefficient (Wildman–Crippen LogP) is 2.02. The predicted molar refractivity (Wildman–Crippen MR) is 42.3 cm³/mol. The zero-order chi connectivity index (χ0) is 7.44. The van der Waals surface area contributed by atoms with E-state index in [4.69, 9.17) is 5.73 Å². The lowest BCUT2D eigenvalue weighted by Gasteiger charge is -2.21. The van der Waals surface area contributed by atoms with Gasteiger partial charge in [-0.2, -0.15) is 0 Å². The number of rotatable bonds is 3. The molecule has 0 aliphatic rings. The van der Waals surface area contributed by atoms with E-state index in [0.29, 0.717) is 12.0 Å². The maximum absolute atomic E-state index is 5.82. The first kappa shape index (κ1) is 8.96. The van der Waals surface area contributed by atoms with Crippen LogP contribution < -0.4 is 5.73 Å². The van der Waals surface area contributed by atoms with Crippen molar-refractivity contribution < 1.29 is 0 Å². The first-order chi connectivity index (χ1) is 4.09. The summed E-state index contributed by atoms with van der Waals surface area (Å²) in [7, 11) is 0. The minimum atomic E-state index is 0.394. The van der Waals surface area contributed by atoms with Gasteiger partial charge in [-0.25, -0.2) is 0 Å². The molecular formula is C8H19N. The van der Waals surface area contributed by atoms with Crippen LogP contribution in [0.15, 0.2) is 0 Å². The molecule has 0 aliphatic carbocycles. The highest BCUT2D eigenvalue weighted by Gasteiger charge is 2.13. The average molecular weight is 129 g/mol. The lowest BCUT2D eigenvalue weighted by molar-refractivity contribution is 0.340. The summed E-state index contributed by atoms with van der Waals surface area (Å²) in [4.78, 5) is 0. The highest BCUT2D eigenvalue weighted by Crippen LogP contribution is 2.14. The molecule has 0 amide bonds. The lowest BCUT2D eigenvalue weighted by Crippen LogP contribution is -2.30. The van der Waals surface area contributed by atoms with E-state index in [-0.39, 0.29) is 0 Å². The molecule has 1 heteroatoms. The number of nitrogens with two attached hydrogens (primary N) is 1. The highest BCUT2D eigenvalue weighted by atomic mass is 14.6. The van der Waals surface area contributed by atoms with Crippen molar-refractivity contribution in [1.29, 1.82) is 0 Å². The zero-order valence-corrected chi connectivity index (χ0v) is 7.02. The summed E-state index contributed by atoms with van der Waals surface area (Å²) >= 11 is 0. The maximum Gasteiger partial charge on any atom is 0.00643 e. The standard InChI is InChI=1S/C8H19N/c1-5-8(9)7(4)6(2)3/h6-8H,5,9H2,1-4H3/t7-,8+/m1/s1. The summed E-state index contributed by atoms with van der Waals surface area (Å²) in [5.41, 5.74) is 5.82. The van der Waals surface area contributed by atoms with Crippen LogP contribution in [0.2, 0.25) is 0 Å². The molecule has 0 rings (SSSR count). The fourth-order valence-corrected chi connectivity index (χ4v) is 0.866. The molecule has 0 aromatic heterocycles. The normalized spacial score (nSPS) is 18.0. The van der Waals surface area contributed by atoms with Crippen LogP contribution in [0.25, 0.3) is 0 Å². The Hall–Kier alpha value is -0.0400. The molecule has 0 heterocycles. The van der Waals surface area contributed by atoms with Crippen molar-refractivity contribution in [3.05, 3.63) is 0 Å². The second-order valence-electron chi connectivity index (χ2n) is 3.18. The van der Waals surface area contributed by atoms with E-state index in [0.717, 1.165) is 12.3 Å². The van der Waals surface area contributed by atoms with E-state index >= 15 is 0 Å². The summed E-state index contributed by atoms with van der Waals surface area (Å²) in [5.74, 6) is 1.38. The van der Waals surface area contributed by atoms with E-state index in [9.17, 15) is 0 Å². The molecule has 0 radical (unpaired) electrons. The van der Waals surface area contributed by atoms with Crippen LogP contribution in [0.5, 0.6) is 0 Å². The van der Waals surface area contributed by atoms with Crippen LogP contribution in [-0.2, 0) is 0 Å². The van der Waals surface area contributed by atoms with Gasteiger partial charge >= 0.3 is 0 Å². The largest absolute Gasteiger partial charge is 0.327 e. The molecule has 0 unspecified atom stereocenters. The molecule has 2 atom stereocenters. The fraction of sp³-hybridized carbons (Fsp3) is 1.00. The van der Waals surface area contributed by atoms with Crippen molar-refractivity contribution in [2.24, 2.45) is 17.6 Å². The summed E-state index contributed by atoms with van der Waals surface area (Å²) in [6, 6.07) is 0.394. The van der Waals surface area contributed by atoms with Crippen LogP contribution in [0, 0.1) is 11.8 Å². The molecule has 0 saturated heterocycles. The molecule has 2 N–H and O–H groups in total. The second kappa shape index (κ2) is 3.89. The number of hydrogen-bond acceptors (Lipinski definition) is 1. The molecule has 1 nitrogen and oxygen atoms in total. The average Bonchev–Trinajstić information content (AvgIpc) is 1.84. The van der Waals surface area contributed by atoms with Crippen LogP contribution >= 0.6 is 0 Å². The van der Waals surface area contributed by atoms with Crippen molar-refractivity contribution in [2.75, 3.05) is 0 Å². The Labute approximate surface area is 58.6 Å². The van der Waals surface area contributed by atoms with Gasteiger partial charge in [0, 0.05) is 6.04 Å². The van der Waals surface area contributed by atoms with E-state index in [1.807, 2.05) is 0 Å². The van der Waals surface area contributed by atoms with Crippen LogP contribution in [0.4, 0.5) is 0 Å². The van der Waals surface area contributed by atoms with Crippen LogP contribution in [-0.4, -0.2) is 6.04 Å². The quantitative estimate of drug-likeness (QED) is 0.620. The van der Waals surface area contributed by atoms with Crippen LogP contribution in [0.3, 0.4) is 0 Å². The molecule has 0 fully saturated rings. The summed E-state index contributed by atoms with van der Waals surface area (Å²) < 4.78 is 0. The van der Waals surface area contributed by atoms with Gasteiger partial charge in [-0.3, -0.25) is 0 Å². The van der Waals surface area contributed by atoms with E-state index in [1.165, 1.54) is 0 Å². The van der Waals surface area contributed by atoms with Gasteiger partial charge in [0.2, 0.25) is 0 Å². The SMILES string of the molecule is CC[C@H](N)[C@H](C)C(C)C. The Morgan fingerprint density at radius 1 is 1.22 bits per heavy atom. The molecule has 56 valence electrons. The smallest absolute Gasteiger partial charge is 0.00643 e. The summed E-state index contributed by atoms with van der Waals surface area (Å²) in [6.07, 6.45) is 1.10. The first-order valence-electron chi connectivity index (χ1n) is 3.85. The Kier molecular flexibility index (Phi) is 3.87. The Morgan fingerprint density at radius 2 is 1.67 bits per heavy atom. The molecule has 9 heavy (non-hydrogen) atoms. The van der Waals surface area contributed by atoms with Crippen molar-refractivity contribution in [3.8, 4) is 0 Å². The molecule has 0 aromatic rings. The van der Waals surface area contributed by atoms with Crippen molar-refractivity contribution >= 4 is 0 Å². The van der Waals surface area contributed by atoms with E-state index < -0.39 is 0 Å². The molecule has 0 bridgehead atoms. The molecule has 0 aliphatic heterocycles. The van der Waals surface area contributed by atoms with Gasteiger partial charge in [0.15, 0.2) is 0 Å². The minimum Gasteiger partial charge on any atom is -0.327 e. The monoisotopic (exact) mass is 129 g/mol. The molecule has 0 aromatic carbocycles. The number of hydrogen-bond donors (Lipinski definition) is 1. The van der Waals surface area contributed by atoms with Crippen molar-refractivity contribution in [3.63, 3.8) is 0 Å². The topological polar surface area (TPSA) is 26.0 Å². The Bertz CT molecular complexity index is 69.0. The van der Waals surface area contributed by atoms with E-state index in [2.05, 4.69) is 27.7 Å². The molecule has 0 spiro atoms. The maximum atomic E-state index is 5.82. The fourth-order valence-electron chi connectivity index (χ4n) is 0.866. The van der Waals surface area contributed by atoms with Gasteiger partial charge in [-0.1, -0.05) is 27.7 Å². The van der Waals surface area contributed by atoms with Crippen molar-refractivity contribution in [1.82, 2.24) is 0 Å². The van der Waals surface area contributed by atoms with Gasteiger partial charge in [0.1, 0.15) is 0 Å². The third-order valence-electron chi connectivity index (χ3n) is 2.20.